The molecule has 0 saturated carbocycles. The number of methoxy groups -OCH3 is 1. The largest absolute Gasteiger partial charge is 0.497 e. The second-order valence-electron chi connectivity index (χ2n) is 5.50. The van der Waals surface area contributed by atoms with Gasteiger partial charge in [0.2, 0.25) is 5.91 Å². The van der Waals surface area contributed by atoms with Crippen molar-refractivity contribution in [2.24, 2.45) is 0 Å². The van der Waals surface area contributed by atoms with E-state index in [1.165, 1.54) is 11.9 Å². The molecule has 1 aromatic carbocycles. The van der Waals surface area contributed by atoms with Crippen LogP contribution < -0.4 is 4.74 Å². The van der Waals surface area contributed by atoms with Gasteiger partial charge in [0, 0.05) is 25.0 Å². The molecule has 0 saturated heterocycles. The van der Waals surface area contributed by atoms with E-state index in [1.54, 1.807) is 19.5 Å². The number of hydrogen-bond acceptors (Lipinski definition) is 4. The van der Waals surface area contributed by atoms with Gasteiger partial charge in [0.15, 0.2) is 0 Å². The van der Waals surface area contributed by atoms with Crippen LogP contribution in [-0.4, -0.2) is 40.5 Å². The van der Waals surface area contributed by atoms with Crippen molar-refractivity contribution in [3.05, 3.63) is 54.1 Å². The van der Waals surface area contributed by atoms with Gasteiger partial charge >= 0.3 is 0 Å². The first-order chi connectivity index (χ1) is 11.1. The van der Waals surface area contributed by atoms with Crippen LogP contribution in [0.3, 0.4) is 0 Å². The van der Waals surface area contributed by atoms with Gasteiger partial charge in [-0.25, -0.2) is 9.97 Å². The average Bonchev–Trinajstić information content (AvgIpc) is 2.57. The van der Waals surface area contributed by atoms with Gasteiger partial charge < -0.3 is 9.64 Å². The van der Waals surface area contributed by atoms with Gasteiger partial charge in [-0.2, -0.15) is 0 Å². The van der Waals surface area contributed by atoms with E-state index >= 15 is 0 Å². The van der Waals surface area contributed by atoms with Crippen molar-refractivity contribution in [1.82, 2.24) is 14.9 Å². The van der Waals surface area contributed by atoms with Gasteiger partial charge in [-0.3, -0.25) is 4.79 Å². The number of ether oxygens (including phenoxy) is 1. The summed E-state index contributed by atoms with van der Waals surface area (Å²) >= 11 is 0. The molecule has 23 heavy (non-hydrogen) atoms. The number of benzene rings is 1. The highest BCUT2D eigenvalue weighted by molar-refractivity contribution is 5.78. The van der Waals surface area contributed by atoms with Crippen molar-refractivity contribution in [1.29, 1.82) is 0 Å². The molecule has 1 amide bonds. The summed E-state index contributed by atoms with van der Waals surface area (Å²) < 4.78 is 5.17. The molecule has 5 nitrogen and oxygen atoms in total. The molecule has 0 radical (unpaired) electrons. The molecule has 0 fully saturated rings. The second kappa shape index (κ2) is 8.27. The van der Waals surface area contributed by atoms with E-state index in [-0.39, 0.29) is 11.9 Å². The molecule has 1 atom stereocenters. The quantitative estimate of drug-likeness (QED) is 0.788. The zero-order chi connectivity index (χ0) is 16.7. The van der Waals surface area contributed by atoms with Gasteiger partial charge in [-0.05, 0) is 43.5 Å². The molecule has 0 bridgehead atoms. The topological polar surface area (TPSA) is 55.3 Å². The maximum atomic E-state index is 12.5. The fraction of sp³-hybridized carbons (Fsp3) is 0.389. The second-order valence-corrected chi connectivity index (χ2v) is 5.50. The molecule has 122 valence electrons. The minimum Gasteiger partial charge on any atom is -0.497 e. The summed E-state index contributed by atoms with van der Waals surface area (Å²) in [6, 6.07) is 8.10. The molecule has 1 aromatic heterocycles. The molecule has 0 aliphatic heterocycles. The lowest BCUT2D eigenvalue weighted by molar-refractivity contribution is -0.132. The summed E-state index contributed by atoms with van der Waals surface area (Å²) in [6.07, 6.45) is 5.99. The highest BCUT2D eigenvalue weighted by atomic mass is 16.5. The number of carbonyl (C=O) groups excluding carboxylic acids is 1. The van der Waals surface area contributed by atoms with Crippen LogP contribution in [0.2, 0.25) is 0 Å². The minimum atomic E-state index is 0.100. The maximum absolute atomic E-state index is 12.5. The Labute approximate surface area is 137 Å². The van der Waals surface area contributed by atoms with Crippen molar-refractivity contribution in [2.45, 2.75) is 32.7 Å². The smallest absolute Gasteiger partial charge is 0.227 e. The summed E-state index contributed by atoms with van der Waals surface area (Å²) in [7, 11) is 1.66. The number of nitrogens with zero attached hydrogens (tertiary/aromatic N) is 3. The lowest BCUT2D eigenvalue weighted by Gasteiger charge is -2.28. The Kier molecular flexibility index (Phi) is 6.09. The molecule has 1 heterocycles. The number of likely N-dealkylation sites (N-methyl/N-ethyl adjacent to an activating group) is 1. The monoisotopic (exact) mass is 313 g/mol. The third-order valence-corrected chi connectivity index (χ3v) is 3.85. The van der Waals surface area contributed by atoms with Gasteiger partial charge in [0.1, 0.15) is 12.1 Å². The first kappa shape index (κ1) is 16.9. The van der Waals surface area contributed by atoms with Crippen molar-refractivity contribution >= 4 is 5.91 Å². The Bertz CT molecular complexity index is 614. The first-order valence-corrected chi connectivity index (χ1v) is 7.80. The fourth-order valence-electron chi connectivity index (χ4n) is 2.64. The molecule has 0 N–H and O–H groups in total. The van der Waals surface area contributed by atoms with E-state index in [0.29, 0.717) is 13.0 Å². The van der Waals surface area contributed by atoms with E-state index in [0.717, 1.165) is 17.7 Å². The van der Waals surface area contributed by atoms with E-state index < -0.39 is 0 Å². The highest BCUT2D eigenvalue weighted by Crippen LogP contribution is 2.15. The summed E-state index contributed by atoms with van der Waals surface area (Å²) in [5, 5.41) is 0. The molecular weight excluding hydrogens is 290 g/mol. The highest BCUT2D eigenvalue weighted by Gasteiger charge is 2.19. The van der Waals surface area contributed by atoms with Crippen molar-refractivity contribution in [3.63, 3.8) is 0 Å². The molecular formula is C18H23N3O2. The Morgan fingerprint density at radius 1 is 1.17 bits per heavy atom. The van der Waals surface area contributed by atoms with Crippen LogP contribution in [0.15, 0.2) is 43.0 Å². The maximum Gasteiger partial charge on any atom is 0.227 e. The molecule has 2 aromatic rings. The van der Waals surface area contributed by atoms with E-state index in [1.807, 2.05) is 36.1 Å². The number of carbonyl (C=O) groups is 1. The number of amides is 1. The normalized spacial score (nSPS) is 11.8. The van der Waals surface area contributed by atoms with Gasteiger partial charge in [0.25, 0.3) is 0 Å². The van der Waals surface area contributed by atoms with Crippen LogP contribution in [0.1, 0.15) is 25.0 Å². The summed E-state index contributed by atoms with van der Waals surface area (Å²) in [5.41, 5.74) is 2.03. The van der Waals surface area contributed by atoms with Gasteiger partial charge in [-0.15, -0.1) is 0 Å². The van der Waals surface area contributed by atoms with E-state index in [2.05, 4.69) is 16.9 Å². The zero-order valence-corrected chi connectivity index (χ0v) is 13.9. The Morgan fingerprint density at radius 2 is 1.83 bits per heavy atom. The third kappa shape index (κ3) is 4.77. The molecule has 0 spiro atoms. The van der Waals surface area contributed by atoms with Gasteiger partial charge in [0.05, 0.1) is 13.5 Å². The standard InChI is InChI=1S/C18H23N3O2/c1-4-21(18(22)10-16-11-19-13-20-12-16)14(2)9-15-5-7-17(23-3)8-6-15/h5-8,11-14H,4,9-10H2,1-3H3/t14-/m1/s1. The molecule has 0 aliphatic rings. The lowest BCUT2D eigenvalue weighted by Crippen LogP contribution is -2.40. The lowest BCUT2D eigenvalue weighted by atomic mass is 10.0. The number of rotatable bonds is 7. The SMILES string of the molecule is CCN(C(=O)Cc1cncnc1)[C@H](C)Cc1ccc(OC)cc1. The predicted octanol–water partition coefficient (Wildman–Crippen LogP) is 2.51. The zero-order valence-electron chi connectivity index (χ0n) is 13.9. The van der Waals surface area contributed by atoms with Crippen molar-refractivity contribution < 1.29 is 9.53 Å². The summed E-state index contributed by atoms with van der Waals surface area (Å²) in [5.74, 6) is 0.942. The van der Waals surface area contributed by atoms with Crippen molar-refractivity contribution in [2.75, 3.05) is 13.7 Å². The molecule has 2 rings (SSSR count). The van der Waals surface area contributed by atoms with E-state index in [4.69, 9.17) is 4.74 Å². The van der Waals surface area contributed by atoms with Crippen LogP contribution in [-0.2, 0) is 17.6 Å². The predicted molar refractivity (Wildman–Crippen MR) is 89.3 cm³/mol. The third-order valence-electron chi connectivity index (χ3n) is 3.85. The number of aromatic nitrogens is 2. The minimum absolute atomic E-state index is 0.100. The number of hydrogen-bond donors (Lipinski definition) is 0. The van der Waals surface area contributed by atoms with Crippen LogP contribution in [0.5, 0.6) is 5.75 Å². The van der Waals surface area contributed by atoms with Crippen LogP contribution in [0, 0.1) is 0 Å². The molecule has 0 unspecified atom stereocenters. The average molecular weight is 313 g/mol. The van der Waals surface area contributed by atoms with Crippen LogP contribution in [0.25, 0.3) is 0 Å². The van der Waals surface area contributed by atoms with Crippen LogP contribution >= 0.6 is 0 Å². The Balaban J connectivity index is 1.99. The van der Waals surface area contributed by atoms with Crippen LogP contribution in [0.4, 0.5) is 0 Å². The summed E-state index contributed by atoms with van der Waals surface area (Å²) in [6.45, 7) is 4.76. The van der Waals surface area contributed by atoms with Gasteiger partial charge in [-0.1, -0.05) is 12.1 Å². The molecule has 5 heteroatoms. The first-order valence-electron chi connectivity index (χ1n) is 7.80. The fourth-order valence-corrected chi connectivity index (χ4v) is 2.64. The van der Waals surface area contributed by atoms with E-state index in [9.17, 15) is 4.79 Å². The van der Waals surface area contributed by atoms with Crippen molar-refractivity contribution in [3.8, 4) is 5.75 Å². The Hall–Kier alpha value is -2.43. The molecule has 0 aliphatic carbocycles. The Morgan fingerprint density at radius 3 is 2.39 bits per heavy atom. The summed E-state index contributed by atoms with van der Waals surface area (Å²) in [4.78, 5) is 22.3.